The fourth-order valence-electron chi connectivity index (χ4n) is 9.07. The molecule has 0 bridgehead atoms. The molecule has 0 unspecified atom stereocenters. The number of amides is 1. The van der Waals surface area contributed by atoms with Crippen LogP contribution in [-0.2, 0) is 46.4 Å². The zero-order valence-electron chi connectivity index (χ0n) is 40.7. The summed E-state index contributed by atoms with van der Waals surface area (Å²) in [6.45, 7) is 18.6. The van der Waals surface area contributed by atoms with Gasteiger partial charge in [0.2, 0.25) is 0 Å². The summed E-state index contributed by atoms with van der Waals surface area (Å²) in [4.78, 5) is 12.3. The van der Waals surface area contributed by atoms with E-state index in [1.807, 2.05) is 48.5 Å². The molecule has 1 amide bonds. The molecule has 11 atom stereocenters. The molecule has 1 saturated heterocycles. The SMILES string of the molecule is CCCCCC(C)(C)[C@H](OC(N)=O)[C@@H](C)[C@@H](CC/C=C\[C@H](C)[C@@H](OCc1ccc(OC)cc1)[C@@H](C)/C=C\CC[C@@H]1O[C@@H](OC)[C@H](C)[C@@H](OCOC)[C@@H]1C)OCc1ccc(OC)cc1. The van der Waals surface area contributed by atoms with Crippen molar-refractivity contribution in [3.05, 3.63) is 84.0 Å². The van der Waals surface area contributed by atoms with Crippen LogP contribution in [0.15, 0.2) is 72.8 Å². The molecule has 0 aliphatic carbocycles. The molecule has 0 radical (unpaired) electrons. The molecule has 2 aromatic carbocycles. The number of carbonyl (C=O) groups excluding carboxylic acids is 1. The molecule has 3 rings (SSSR count). The molecule has 11 nitrogen and oxygen atoms in total. The third-order valence-corrected chi connectivity index (χ3v) is 12.8. The van der Waals surface area contributed by atoms with Gasteiger partial charge in [0.15, 0.2) is 6.29 Å². The quantitative estimate of drug-likeness (QED) is 0.0460. The van der Waals surface area contributed by atoms with Crippen LogP contribution in [0, 0.1) is 35.0 Å². The van der Waals surface area contributed by atoms with Crippen LogP contribution in [0.5, 0.6) is 11.5 Å². The van der Waals surface area contributed by atoms with Crippen LogP contribution in [0.25, 0.3) is 0 Å². The van der Waals surface area contributed by atoms with E-state index in [2.05, 4.69) is 79.7 Å². The Kier molecular flexibility index (Phi) is 24.3. The zero-order valence-corrected chi connectivity index (χ0v) is 40.7. The highest BCUT2D eigenvalue weighted by atomic mass is 16.7. The standard InChI is InChI=1S/C52H83NO10/c1-13-14-19-32-52(7,8)49(63-51(53)54)39(5)45(59-33-41-24-28-43(56-10)29-25-41)22-17-15-20-36(2)47(60-34-42-26-30-44(57-11)31-27-42)37(3)21-16-18-23-46-38(4)48(61-35-55-9)40(6)50(58-12)62-46/h15-16,20-21,24-31,36-40,45-50H,13-14,17-19,22-23,32-35H2,1-12H3,(H2,53,54)/b20-15-,21-16-/t36-,37-,38+,39-,40+,45+,46-,47+,48-,49+,50+/m0/s1. The van der Waals surface area contributed by atoms with Crippen molar-refractivity contribution in [3.63, 3.8) is 0 Å². The van der Waals surface area contributed by atoms with Crippen LogP contribution in [0.3, 0.4) is 0 Å². The Morgan fingerprint density at radius 2 is 1.38 bits per heavy atom. The second-order valence-corrected chi connectivity index (χ2v) is 18.2. The van der Waals surface area contributed by atoms with Gasteiger partial charge in [0.1, 0.15) is 24.4 Å². The third kappa shape index (κ3) is 17.8. The predicted molar refractivity (Wildman–Crippen MR) is 251 cm³/mol. The summed E-state index contributed by atoms with van der Waals surface area (Å²) in [5.41, 5.74) is 7.54. The van der Waals surface area contributed by atoms with Crippen molar-refractivity contribution in [1.29, 1.82) is 0 Å². The largest absolute Gasteiger partial charge is 0.497 e. The first-order chi connectivity index (χ1) is 30.2. The lowest BCUT2D eigenvalue weighted by Crippen LogP contribution is -2.50. The van der Waals surface area contributed by atoms with E-state index in [0.29, 0.717) is 13.2 Å². The van der Waals surface area contributed by atoms with E-state index in [4.69, 9.17) is 48.4 Å². The molecular weight excluding hydrogens is 799 g/mol. The second-order valence-electron chi connectivity index (χ2n) is 18.2. The molecule has 0 saturated carbocycles. The van der Waals surface area contributed by atoms with Gasteiger partial charge >= 0.3 is 6.09 Å². The van der Waals surface area contributed by atoms with Gasteiger partial charge in [0, 0.05) is 49.2 Å². The second kappa shape index (κ2) is 28.5. The molecule has 0 spiro atoms. The molecule has 1 fully saturated rings. The number of rotatable bonds is 30. The molecule has 356 valence electrons. The van der Waals surface area contributed by atoms with Gasteiger partial charge in [-0.15, -0.1) is 0 Å². The van der Waals surface area contributed by atoms with Gasteiger partial charge in [0.05, 0.1) is 51.8 Å². The fourth-order valence-corrected chi connectivity index (χ4v) is 9.07. The van der Waals surface area contributed by atoms with Gasteiger partial charge in [-0.2, -0.15) is 0 Å². The first-order valence-corrected chi connectivity index (χ1v) is 23.3. The number of allylic oxidation sites excluding steroid dienone is 2. The van der Waals surface area contributed by atoms with Crippen LogP contribution in [-0.4, -0.2) is 78.1 Å². The van der Waals surface area contributed by atoms with Gasteiger partial charge in [0.25, 0.3) is 0 Å². The maximum Gasteiger partial charge on any atom is 0.404 e. The molecular formula is C52H83NO10. The van der Waals surface area contributed by atoms with Crippen LogP contribution in [0.4, 0.5) is 4.79 Å². The summed E-state index contributed by atoms with van der Waals surface area (Å²) in [5.74, 6) is 2.00. The van der Waals surface area contributed by atoms with Gasteiger partial charge < -0.3 is 48.4 Å². The number of carbonyl (C=O) groups is 1. The first-order valence-electron chi connectivity index (χ1n) is 23.3. The van der Waals surface area contributed by atoms with Crippen LogP contribution >= 0.6 is 0 Å². The van der Waals surface area contributed by atoms with Gasteiger partial charge in [-0.25, -0.2) is 4.79 Å². The summed E-state index contributed by atoms with van der Waals surface area (Å²) < 4.78 is 53.6. The van der Waals surface area contributed by atoms with Gasteiger partial charge in [-0.05, 0) is 67.5 Å². The number of nitrogens with two attached hydrogens (primary N) is 1. The van der Waals surface area contributed by atoms with Gasteiger partial charge in [-0.1, -0.05) is 123 Å². The van der Waals surface area contributed by atoms with Crippen LogP contribution in [0.1, 0.15) is 118 Å². The van der Waals surface area contributed by atoms with E-state index in [0.717, 1.165) is 74.0 Å². The number of ether oxygens (including phenoxy) is 9. The maximum atomic E-state index is 12.3. The van der Waals surface area contributed by atoms with E-state index in [9.17, 15) is 4.79 Å². The Hall–Kier alpha value is -3.45. The topological polar surface area (TPSA) is 126 Å². The summed E-state index contributed by atoms with van der Waals surface area (Å²) in [5, 5.41) is 0. The lowest BCUT2D eigenvalue weighted by molar-refractivity contribution is -0.271. The van der Waals surface area contributed by atoms with Crippen LogP contribution < -0.4 is 15.2 Å². The zero-order chi connectivity index (χ0) is 46.4. The number of primary amides is 1. The van der Waals surface area contributed by atoms with Crippen molar-refractivity contribution >= 4 is 6.09 Å². The summed E-state index contributed by atoms with van der Waals surface area (Å²) in [7, 11) is 6.67. The minimum Gasteiger partial charge on any atom is -0.497 e. The van der Waals surface area contributed by atoms with Crippen molar-refractivity contribution in [2.75, 3.05) is 35.2 Å². The average Bonchev–Trinajstić information content (AvgIpc) is 3.27. The van der Waals surface area contributed by atoms with Gasteiger partial charge in [-0.3, -0.25) is 0 Å². The minimum absolute atomic E-state index is 0.00608. The highest BCUT2D eigenvalue weighted by Gasteiger charge is 2.42. The number of methoxy groups -OCH3 is 4. The normalized spacial score (nSPS) is 22.4. The summed E-state index contributed by atoms with van der Waals surface area (Å²) in [6, 6.07) is 16.0. The molecule has 1 aliphatic rings. The van der Waals surface area contributed by atoms with Crippen molar-refractivity contribution < 1.29 is 47.4 Å². The van der Waals surface area contributed by atoms with E-state index in [1.54, 1.807) is 28.4 Å². The molecule has 2 aromatic rings. The Morgan fingerprint density at radius 3 is 1.90 bits per heavy atom. The van der Waals surface area contributed by atoms with E-state index in [-0.39, 0.29) is 72.5 Å². The smallest absolute Gasteiger partial charge is 0.404 e. The Balaban J connectivity index is 1.78. The van der Waals surface area contributed by atoms with Crippen molar-refractivity contribution in [2.24, 2.45) is 40.7 Å². The molecule has 0 aromatic heterocycles. The highest BCUT2D eigenvalue weighted by Crippen LogP contribution is 2.38. The maximum absolute atomic E-state index is 12.3. The monoisotopic (exact) mass is 882 g/mol. The third-order valence-electron chi connectivity index (χ3n) is 12.8. The Morgan fingerprint density at radius 1 is 0.810 bits per heavy atom. The lowest BCUT2D eigenvalue weighted by Gasteiger charge is -2.43. The molecule has 1 heterocycles. The molecule has 11 heteroatoms. The lowest BCUT2D eigenvalue weighted by atomic mass is 9.74. The summed E-state index contributed by atoms with van der Waals surface area (Å²) in [6.07, 6.45) is 14.6. The average molecular weight is 882 g/mol. The Labute approximate surface area is 380 Å². The Bertz CT molecular complexity index is 1600. The van der Waals surface area contributed by atoms with E-state index in [1.165, 1.54) is 0 Å². The van der Waals surface area contributed by atoms with Crippen LogP contribution in [0.2, 0.25) is 0 Å². The summed E-state index contributed by atoms with van der Waals surface area (Å²) >= 11 is 0. The van der Waals surface area contributed by atoms with Crippen molar-refractivity contribution in [3.8, 4) is 11.5 Å². The predicted octanol–water partition coefficient (Wildman–Crippen LogP) is 11.5. The van der Waals surface area contributed by atoms with Crippen molar-refractivity contribution in [1.82, 2.24) is 0 Å². The highest BCUT2D eigenvalue weighted by molar-refractivity contribution is 5.65. The number of unbranched alkanes of at least 4 members (excludes halogenated alkanes) is 2. The fraction of sp³-hybridized carbons (Fsp3) is 0.673. The molecule has 63 heavy (non-hydrogen) atoms. The molecule has 1 aliphatic heterocycles. The minimum atomic E-state index is -0.755. The first kappa shape index (κ1) is 53.9. The number of hydrogen-bond donors (Lipinski definition) is 1. The van der Waals surface area contributed by atoms with E-state index < -0.39 is 12.2 Å². The number of hydrogen-bond acceptors (Lipinski definition) is 10. The van der Waals surface area contributed by atoms with Crippen molar-refractivity contribution in [2.45, 2.75) is 157 Å². The molecule has 2 N–H and O–H groups in total. The number of benzene rings is 2. The van der Waals surface area contributed by atoms with E-state index >= 15 is 0 Å².